The fourth-order valence-electron chi connectivity index (χ4n) is 0.734. The van der Waals surface area contributed by atoms with Gasteiger partial charge in [0, 0.05) is 12.7 Å². The zero-order valence-electron chi connectivity index (χ0n) is 7.10. The molecule has 0 radical (unpaired) electrons. The first-order valence-electron chi connectivity index (χ1n) is 3.46. The van der Waals surface area contributed by atoms with E-state index in [1.165, 1.54) is 18.2 Å². The molecule has 0 aliphatic carbocycles. The summed E-state index contributed by atoms with van der Waals surface area (Å²) < 4.78 is 0. The molecule has 70 valence electrons. The number of hydrogen-bond acceptors (Lipinski definition) is 4. The van der Waals surface area contributed by atoms with Gasteiger partial charge in [0.05, 0.1) is 5.56 Å². The van der Waals surface area contributed by atoms with Crippen LogP contribution in [0.3, 0.4) is 0 Å². The van der Waals surface area contributed by atoms with E-state index in [2.05, 4.69) is 0 Å². The molecule has 0 aromatic heterocycles. The van der Waals surface area contributed by atoms with Crippen molar-refractivity contribution in [3.8, 4) is 5.75 Å². The molecule has 0 fully saturated rings. The molecule has 0 aliphatic heterocycles. The number of phenolic OH excluding ortho intramolecular Hbond substituents is 1. The molecule has 0 bridgehead atoms. The lowest BCUT2D eigenvalue weighted by Crippen LogP contribution is -1.84. The van der Waals surface area contributed by atoms with Gasteiger partial charge in [0.2, 0.25) is 0 Å². The van der Waals surface area contributed by atoms with Gasteiger partial charge in [-0.15, -0.1) is 0 Å². The number of rotatable bonds is 2. The van der Waals surface area contributed by atoms with Crippen molar-refractivity contribution < 1.29 is 19.8 Å². The molecule has 4 nitrogen and oxygen atoms in total. The number of aldehydes is 2. The summed E-state index contributed by atoms with van der Waals surface area (Å²) in [5, 5.41) is 16.0. The monoisotopic (exact) mass is 182 g/mol. The Balaban J connectivity index is 0.000000671. The molecule has 0 unspecified atom stereocenters. The first-order valence-corrected chi connectivity index (χ1v) is 3.46. The lowest BCUT2D eigenvalue weighted by Gasteiger charge is -1.95. The van der Waals surface area contributed by atoms with Crippen molar-refractivity contribution in [3.63, 3.8) is 0 Å². The van der Waals surface area contributed by atoms with Crippen LogP contribution >= 0.6 is 0 Å². The molecule has 1 aromatic carbocycles. The Morgan fingerprint density at radius 3 is 2.15 bits per heavy atom. The SMILES string of the molecule is CO.O=Cc1ccc(C=O)c(O)c1. The van der Waals surface area contributed by atoms with Gasteiger partial charge in [0.15, 0.2) is 6.29 Å². The van der Waals surface area contributed by atoms with E-state index in [0.29, 0.717) is 18.1 Å². The van der Waals surface area contributed by atoms with Gasteiger partial charge in [0.25, 0.3) is 0 Å². The van der Waals surface area contributed by atoms with Crippen LogP contribution in [-0.2, 0) is 0 Å². The molecule has 4 heteroatoms. The Labute approximate surface area is 75.4 Å². The summed E-state index contributed by atoms with van der Waals surface area (Å²) in [6.45, 7) is 0. The van der Waals surface area contributed by atoms with Gasteiger partial charge in [-0.05, 0) is 12.1 Å². The highest BCUT2D eigenvalue weighted by molar-refractivity contribution is 5.83. The summed E-state index contributed by atoms with van der Waals surface area (Å²) in [5.74, 6) is -0.162. The normalized spacial score (nSPS) is 8.15. The van der Waals surface area contributed by atoms with Crippen molar-refractivity contribution in [2.24, 2.45) is 0 Å². The second kappa shape index (κ2) is 5.91. The largest absolute Gasteiger partial charge is 0.507 e. The lowest BCUT2D eigenvalue weighted by molar-refractivity contribution is 0.111. The average molecular weight is 182 g/mol. The maximum absolute atomic E-state index is 10.2. The minimum absolute atomic E-state index is 0.162. The van der Waals surface area contributed by atoms with Gasteiger partial charge in [-0.2, -0.15) is 0 Å². The Hall–Kier alpha value is -1.68. The number of hydrogen-bond donors (Lipinski definition) is 2. The zero-order chi connectivity index (χ0) is 10.3. The maximum Gasteiger partial charge on any atom is 0.153 e. The minimum Gasteiger partial charge on any atom is -0.507 e. The van der Waals surface area contributed by atoms with Gasteiger partial charge in [-0.3, -0.25) is 9.59 Å². The molecule has 0 atom stereocenters. The van der Waals surface area contributed by atoms with Gasteiger partial charge in [0.1, 0.15) is 12.0 Å². The Kier molecular flexibility index (Phi) is 5.14. The number of benzene rings is 1. The van der Waals surface area contributed by atoms with Crippen LogP contribution in [-0.4, -0.2) is 29.9 Å². The van der Waals surface area contributed by atoms with Crippen LogP contribution in [0, 0.1) is 0 Å². The molecule has 0 spiro atoms. The van der Waals surface area contributed by atoms with Crippen LogP contribution in [0.4, 0.5) is 0 Å². The first kappa shape index (κ1) is 11.3. The highest BCUT2D eigenvalue weighted by atomic mass is 16.3. The quantitative estimate of drug-likeness (QED) is 0.657. The van der Waals surface area contributed by atoms with Crippen LogP contribution in [0.2, 0.25) is 0 Å². The number of carbonyl (C=O) groups excluding carboxylic acids is 2. The second-order valence-corrected chi connectivity index (χ2v) is 2.05. The van der Waals surface area contributed by atoms with Crippen LogP contribution in [0.25, 0.3) is 0 Å². The van der Waals surface area contributed by atoms with E-state index in [4.69, 9.17) is 10.2 Å². The average Bonchev–Trinajstić information content (AvgIpc) is 2.20. The third-order valence-corrected chi connectivity index (χ3v) is 1.32. The highest BCUT2D eigenvalue weighted by Crippen LogP contribution is 2.15. The number of aliphatic hydroxyl groups excluding tert-OH is 1. The maximum atomic E-state index is 10.2. The minimum atomic E-state index is -0.162. The van der Waals surface area contributed by atoms with E-state index < -0.39 is 0 Å². The van der Waals surface area contributed by atoms with Gasteiger partial charge in [-0.1, -0.05) is 6.07 Å². The smallest absolute Gasteiger partial charge is 0.153 e. The Morgan fingerprint density at radius 2 is 1.77 bits per heavy atom. The third kappa shape index (κ3) is 3.04. The van der Waals surface area contributed by atoms with Crippen molar-refractivity contribution in [3.05, 3.63) is 29.3 Å². The van der Waals surface area contributed by atoms with Crippen LogP contribution in [0.1, 0.15) is 20.7 Å². The number of carbonyl (C=O) groups is 2. The Bertz CT molecular complexity index is 294. The summed E-state index contributed by atoms with van der Waals surface area (Å²) in [6, 6.07) is 4.11. The predicted octanol–water partition coefficient (Wildman–Crippen LogP) is 0.626. The lowest BCUT2D eigenvalue weighted by atomic mass is 10.1. The van der Waals surface area contributed by atoms with E-state index in [1.54, 1.807) is 0 Å². The molecule has 13 heavy (non-hydrogen) atoms. The molecular weight excluding hydrogens is 172 g/mol. The molecule has 1 aromatic rings. The first-order chi connectivity index (χ1) is 6.27. The van der Waals surface area contributed by atoms with E-state index in [9.17, 15) is 9.59 Å². The number of phenols is 1. The third-order valence-electron chi connectivity index (χ3n) is 1.32. The van der Waals surface area contributed by atoms with Gasteiger partial charge in [-0.25, -0.2) is 0 Å². The van der Waals surface area contributed by atoms with Crippen molar-refractivity contribution in [2.75, 3.05) is 7.11 Å². The van der Waals surface area contributed by atoms with Crippen LogP contribution in [0.5, 0.6) is 5.75 Å². The summed E-state index contributed by atoms with van der Waals surface area (Å²) in [7, 11) is 1.00. The zero-order valence-corrected chi connectivity index (χ0v) is 7.10. The van der Waals surface area contributed by atoms with E-state index in [1.807, 2.05) is 0 Å². The van der Waals surface area contributed by atoms with Crippen molar-refractivity contribution in [2.45, 2.75) is 0 Å². The molecular formula is C9H10O4. The van der Waals surface area contributed by atoms with Crippen molar-refractivity contribution in [1.29, 1.82) is 0 Å². The molecule has 0 amide bonds. The highest BCUT2D eigenvalue weighted by Gasteiger charge is 1.99. The fourth-order valence-corrected chi connectivity index (χ4v) is 0.734. The summed E-state index contributed by atoms with van der Waals surface area (Å²) in [4.78, 5) is 20.3. The molecule has 0 heterocycles. The van der Waals surface area contributed by atoms with E-state index in [-0.39, 0.29) is 11.3 Å². The summed E-state index contributed by atoms with van der Waals surface area (Å²) in [6.07, 6.45) is 1.14. The molecule has 0 aliphatic rings. The molecule has 0 saturated heterocycles. The number of aromatic hydroxyl groups is 1. The van der Waals surface area contributed by atoms with Crippen molar-refractivity contribution >= 4 is 12.6 Å². The molecule has 0 saturated carbocycles. The van der Waals surface area contributed by atoms with E-state index >= 15 is 0 Å². The van der Waals surface area contributed by atoms with Crippen LogP contribution in [0.15, 0.2) is 18.2 Å². The summed E-state index contributed by atoms with van der Waals surface area (Å²) in [5.41, 5.74) is 0.545. The van der Waals surface area contributed by atoms with Gasteiger partial charge >= 0.3 is 0 Å². The fraction of sp³-hybridized carbons (Fsp3) is 0.111. The van der Waals surface area contributed by atoms with Crippen LogP contribution < -0.4 is 0 Å². The van der Waals surface area contributed by atoms with Gasteiger partial charge < -0.3 is 10.2 Å². The predicted molar refractivity (Wildman–Crippen MR) is 47.0 cm³/mol. The molecule has 2 N–H and O–H groups in total. The standard InChI is InChI=1S/C8H6O3.CH4O/c9-4-6-1-2-7(5-10)8(11)3-6;1-2/h1-5,11H;2H,1H3. The van der Waals surface area contributed by atoms with Crippen molar-refractivity contribution in [1.82, 2.24) is 0 Å². The second-order valence-electron chi connectivity index (χ2n) is 2.05. The molecule has 1 rings (SSSR count). The topological polar surface area (TPSA) is 74.6 Å². The number of aliphatic hydroxyl groups is 1. The Morgan fingerprint density at radius 1 is 1.15 bits per heavy atom. The summed E-state index contributed by atoms with van der Waals surface area (Å²) >= 11 is 0. The van der Waals surface area contributed by atoms with E-state index in [0.717, 1.165) is 7.11 Å².